The van der Waals surface area contributed by atoms with Gasteiger partial charge < -0.3 is 9.84 Å². The highest BCUT2D eigenvalue weighted by atomic mass is 16.5. The van der Waals surface area contributed by atoms with Crippen LogP contribution in [0.25, 0.3) is 0 Å². The van der Waals surface area contributed by atoms with Crippen molar-refractivity contribution < 1.29 is 14.6 Å². The zero-order valence-corrected chi connectivity index (χ0v) is 9.75. The zero-order chi connectivity index (χ0) is 12.7. The van der Waals surface area contributed by atoms with Crippen molar-refractivity contribution in [3.63, 3.8) is 0 Å². The van der Waals surface area contributed by atoms with Gasteiger partial charge in [-0.3, -0.25) is 0 Å². The van der Waals surface area contributed by atoms with Crippen molar-refractivity contribution in [1.82, 2.24) is 0 Å². The molecule has 0 radical (unpaired) electrons. The third-order valence-corrected chi connectivity index (χ3v) is 1.88. The molecule has 0 saturated carbocycles. The minimum absolute atomic E-state index is 0.218. The highest BCUT2D eigenvalue weighted by Gasteiger charge is 2.09. The molecule has 0 aromatic heterocycles. The van der Waals surface area contributed by atoms with E-state index in [4.69, 9.17) is 5.11 Å². The first-order valence-corrected chi connectivity index (χ1v) is 5.17. The van der Waals surface area contributed by atoms with Gasteiger partial charge in [-0.2, -0.15) is 5.11 Å². The Morgan fingerprint density at radius 3 is 2.88 bits per heavy atom. The zero-order valence-electron chi connectivity index (χ0n) is 9.75. The lowest BCUT2D eigenvalue weighted by Gasteiger charge is -1.99. The summed E-state index contributed by atoms with van der Waals surface area (Å²) in [5.74, 6) is -0.702. The number of rotatable bonds is 4. The van der Waals surface area contributed by atoms with Gasteiger partial charge in [0.15, 0.2) is 0 Å². The van der Waals surface area contributed by atoms with Gasteiger partial charge in [-0.05, 0) is 31.5 Å². The Kier molecular flexibility index (Phi) is 4.87. The fraction of sp³-hybridized carbons (Fsp3) is 0.250. The van der Waals surface area contributed by atoms with Crippen LogP contribution in [-0.4, -0.2) is 17.7 Å². The van der Waals surface area contributed by atoms with Gasteiger partial charge in [-0.1, -0.05) is 12.1 Å². The molecule has 1 N–H and O–H groups in total. The lowest BCUT2D eigenvalue weighted by atomic mass is 10.2. The Morgan fingerprint density at radius 1 is 1.53 bits per heavy atom. The number of aliphatic hydroxyl groups is 1. The minimum Gasteiger partial charge on any atom is -0.513 e. The number of hydrogen-bond donors (Lipinski definition) is 1. The van der Waals surface area contributed by atoms with E-state index in [-0.39, 0.29) is 12.3 Å². The topological polar surface area (TPSA) is 71.2 Å². The molecule has 0 atom stereocenters. The second kappa shape index (κ2) is 6.42. The number of ether oxygens (including phenoxy) is 1. The van der Waals surface area contributed by atoms with Crippen LogP contribution in [0.5, 0.6) is 0 Å². The third kappa shape index (κ3) is 4.06. The van der Waals surface area contributed by atoms with Gasteiger partial charge in [0.25, 0.3) is 0 Å². The number of benzene rings is 1. The maximum atomic E-state index is 11.3. The average Bonchev–Trinajstić information content (AvgIpc) is 2.30. The summed E-state index contributed by atoms with van der Waals surface area (Å²) in [4.78, 5) is 11.3. The molecule has 0 aliphatic carbocycles. The second-order valence-corrected chi connectivity index (χ2v) is 3.27. The van der Waals surface area contributed by atoms with Crippen molar-refractivity contribution >= 4 is 11.7 Å². The molecular weight excluding hydrogens is 220 g/mol. The highest BCUT2D eigenvalue weighted by Crippen LogP contribution is 2.15. The van der Waals surface area contributed by atoms with E-state index in [0.29, 0.717) is 11.9 Å². The molecule has 90 valence electrons. The molecule has 0 aliphatic rings. The van der Waals surface area contributed by atoms with Crippen molar-refractivity contribution in [2.75, 3.05) is 6.61 Å². The molecule has 5 heteroatoms. The first-order chi connectivity index (χ1) is 8.17. The molecule has 0 fully saturated rings. The summed E-state index contributed by atoms with van der Waals surface area (Å²) in [7, 11) is 0. The molecule has 17 heavy (non-hydrogen) atoms. The largest absolute Gasteiger partial charge is 0.513 e. The van der Waals surface area contributed by atoms with Gasteiger partial charge in [0, 0.05) is 0 Å². The Hall–Kier alpha value is -2.17. The maximum absolute atomic E-state index is 11.3. The molecule has 0 unspecified atom stereocenters. The molecular formula is C12H14N2O3. The summed E-state index contributed by atoms with van der Waals surface area (Å²) in [6.45, 7) is 3.81. The fourth-order valence-corrected chi connectivity index (χ4v) is 1.13. The number of azo groups is 1. The molecule has 0 aliphatic heterocycles. The lowest BCUT2D eigenvalue weighted by Crippen LogP contribution is -2.05. The molecule has 0 bridgehead atoms. The second-order valence-electron chi connectivity index (χ2n) is 3.27. The smallest absolute Gasteiger partial charge is 0.362 e. The van der Waals surface area contributed by atoms with E-state index in [0.717, 1.165) is 5.56 Å². The SMILES string of the molecule is CCOC(=O)/C(=C/O)N=Nc1cccc(C)c1. The average molecular weight is 234 g/mol. The highest BCUT2D eigenvalue weighted by molar-refractivity contribution is 5.87. The van der Waals surface area contributed by atoms with E-state index < -0.39 is 5.97 Å². The van der Waals surface area contributed by atoms with Crippen molar-refractivity contribution in [3.8, 4) is 0 Å². The summed E-state index contributed by atoms with van der Waals surface area (Å²) in [6, 6.07) is 7.31. The van der Waals surface area contributed by atoms with E-state index in [2.05, 4.69) is 15.0 Å². The summed E-state index contributed by atoms with van der Waals surface area (Å²) < 4.78 is 4.69. The Balaban J connectivity index is 2.79. The van der Waals surface area contributed by atoms with Crippen LogP contribution < -0.4 is 0 Å². The predicted octanol–water partition coefficient (Wildman–Crippen LogP) is 3.04. The monoisotopic (exact) mass is 234 g/mol. The van der Waals surface area contributed by atoms with E-state index in [1.165, 1.54) is 0 Å². The van der Waals surface area contributed by atoms with Crippen LogP contribution >= 0.6 is 0 Å². The normalized spacial score (nSPS) is 11.8. The van der Waals surface area contributed by atoms with Crippen LogP contribution in [0.3, 0.4) is 0 Å². The minimum atomic E-state index is -0.702. The lowest BCUT2D eigenvalue weighted by molar-refractivity contribution is -0.138. The van der Waals surface area contributed by atoms with Gasteiger partial charge in [-0.25, -0.2) is 4.79 Å². The van der Waals surface area contributed by atoms with Gasteiger partial charge in [0.05, 0.1) is 12.3 Å². The Morgan fingerprint density at radius 2 is 2.29 bits per heavy atom. The Bertz CT molecular complexity index is 453. The predicted molar refractivity (Wildman–Crippen MR) is 63.0 cm³/mol. The van der Waals surface area contributed by atoms with Gasteiger partial charge in [-0.15, -0.1) is 5.11 Å². The van der Waals surface area contributed by atoms with E-state index >= 15 is 0 Å². The van der Waals surface area contributed by atoms with E-state index in [9.17, 15) is 4.79 Å². The summed E-state index contributed by atoms with van der Waals surface area (Å²) in [5.41, 5.74) is 1.41. The number of carbonyl (C=O) groups excluding carboxylic acids is 1. The number of hydrogen-bond acceptors (Lipinski definition) is 5. The molecule has 1 aromatic carbocycles. The van der Waals surface area contributed by atoms with Gasteiger partial charge in [0.1, 0.15) is 6.26 Å². The Labute approximate surface area is 99.4 Å². The molecule has 1 rings (SSSR count). The first-order valence-electron chi connectivity index (χ1n) is 5.17. The van der Waals surface area contributed by atoms with E-state index in [1.807, 2.05) is 25.1 Å². The molecule has 1 aromatic rings. The van der Waals surface area contributed by atoms with Crippen molar-refractivity contribution in [3.05, 3.63) is 41.8 Å². The maximum Gasteiger partial charge on any atom is 0.362 e. The van der Waals surface area contributed by atoms with Crippen LogP contribution in [0.15, 0.2) is 46.5 Å². The van der Waals surface area contributed by atoms with Crippen molar-refractivity contribution in [2.24, 2.45) is 10.2 Å². The molecule has 5 nitrogen and oxygen atoms in total. The molecule has 0 heterocycles. The quantitative estimate of drug-likeness (QED) is 0.376. The standard InChI is InChI=1S/C12H14N2O3/c1-3-17-12(16)11(8-15)14-13-10-6-4-5-9(2)7-10/h4-8,15H,3H2,1-2H3/b11-8-,14-13?. The van der Waals surface area contributed by atoms with Crippen molar-refractivity contribution in [2.45, 2.75) is 13.8 Å². The fourth-order valence-electron chi connectivity index (χ4n) is 1.13. The van der Waals surface area contributed by atoms with Gasteiger partial charge in [0.2, 0.25) is 5.70 Å². The number of carbonyl (C=O) groups is 1. The first kappa shape index (κ1) is 12.9. The van der Waals surface area contributed by atoms with Gasteiger partial charge >= 0.3 is 5.97 Å². The number of aryl methyl sites for hydroxylation is 1. The molecule has 0 saturated heterocycles. The van der Waals surface area contributed by atoms with E-state index in [1.54, 1.807) is 13.0 Å². The van der Waals surface area contributed by atoms with Crippen molar-refractivity contribution in [1.29, 1.82) is 0 Å². The summed E-state index contributed by atoms with van der Waals surface area (Å²) in [6.07, 6.45) is 0.581. The van der Waals surface area contributed by atoms with Crippen LogP contribution in [0.1, 0.15) is 12.5 Å². The van der Waals surface area contributed by atoms with Crippen LogP contribution in [0, 0.1) is 6.92 Å². The summed E-state index contributed by atoms with van der Waals surface area (Å²) in [5, 5.41) is 16.3. The number of esters is 1. The van der Waals surface area contributed by atoms with Crippen LogP contribution in [0.2, 0.25) is 0 Å². The third-order valence-electron chi connectivity index (χ3n) is 1.88. The number of nitrogens with zero attached hydrogens (tertiary/aromatic N) is 2. The van der Waals surface area contributed by atoms with Crippen LogP contribution in [-0.2, 0) is 9.53 Å². The molecule has 0 amide bonds. The molecule has 0 spiro atoms. The van der Waals surface area contributed by atoms with Crippen LogP contribution in [0.4, 0.5) is 5.69 Å². The number of aliphatic hydroxyl groups excluding tert-OH is 1. The summed E-state index contributed by atoms with van der Waals surface area (Å²) >= 11 is 0.